The van der Waals surface area contributed by atoms with Crippen molar-refractivity contribution in [2.24, 2.45) is 0 Å². The van der Waals surface area contributed by atoms with Gasteiger partial charge < -0.3 is 9.16 Å². The van der Waals surface area contributed by atoms with Crippen LogP contribution in [0.5, 0.6) is 0 Å². The fraction of sp³-hybridized carbons (Fsp3) is 0.350. The van der Waals surface area contributed by atoms with E-state index >= 15 is 0 Å². The van der Waals surface area contributed by atoms with Gasteiger partial charge in [0.25, 0.3) is 8.32 Å². The topological polar surface area (TPSA) is 48.4 Å². The highest BCUT2D eigenvalue weighted by molar-refractivity contribution is 6.99. The van der Waals surface area contributed by atoms with Gasteiger partial charge in [-0.05, 0) is 69.1 Å². The van der Waals surface area contributed by atoms with Crippen LogP contribution in [0.1, 0.15) is 89.2 Å². The van der Waals surface area contributed by atoms with Crippen molar-refractivity contribution in [1.82, 2.24) is 4.98 Å². The van der Waals surface area contributed by atoms with Gasteiger partial charge in [-0.3, -0.25) is 4.98 Å². The van der Waals surface area contributed by atoms with Crippen LogP contribution >= 0.6 is 0 Å². The van der Waals surface area contributed by atoms with E-state index in [2.05, 4.69) is 90.1 Å². The molecule has 0 bridgehead atoms. The lowest BCUT2D eigenvalue weighted by atomic mass is 9.87. The number of methoxy groups -OCH3 is 1. The Morgan fingerprint density at radius 2 is 1.48 bits per heavy atom. The third-order valence-electron chi connectivity index (χ3n) is 8.60. The fourth-order valence-corrected chi connectivity index (χ4v) is 10.9. The maximum absolute atomic E-state index is 14.3. The summed E-state index contributed by atoms with van der Waals surface area (Å²) in [6.45, 7) is 13.6. The van der Waals surface area contributed by atoms with E-state index in [0.29, 0.717) is 6.61 Å². The van der Waals surface area contributed by atoms with E-state index in [0.717, 1.165) is 59.3 Å². The van der Waals surface area contributed by atoms with E-state index in [1.165, 1.54) is 35.7 Å². The molecule has 1 heterocycles. The third kappa shape index (κ3) is 7.73. The number of ether oxygens (including phenoxy) is 1. The lowest BCUT2D eigenvalue weighted by Gasteiger charge is -2.43. The van der Waals surface area contributed by atoms with Crippen LogP contribution in [0.25, 0.3) is 17.2 Å². The van der Waals surface area contributed by atoms with E-state index in [9.17, 15) is 9.18 Å². The second kappa shape index (κ2) is 15.6. The van der Waals surface area contributed by atoms with Gasteiger partial charge in [-0.2, -0.15) is 0 Å². The molecule has 4 nitrogen and oxygen atoms in total. The van der Waals surface area contributed by atoms with E-state index in [4.69, 9.17) is 14.1 Å². The van der Waals surface area contributed by atoms with E-state index in [1.807, 2.05) is 24.3 Å². The minimum Gasteiger partial charge on any atom is -0.466 e. The van der Waals surface area contributed by atoms with Gasteiger partial charge in [0.2, 0.25) is 0 Å². The summed E-state index contributed by atoms with van der Waals surface area (Å²) in [5.74, 6) is -0.660. The molecule has 0 unspecified atom stereocenters. The number of pyridine rings is 1. The molecule has 0 radical (unpaired) electrons. The number of aromatic nitrogens is 1. The second-order valence-corrected chi connectivity index (χ2v) is 17.4. The Morgan fingerprint density at radius 3 is 1.98 bits per heavy atom. The van der Waals surface area contributed by atoms with Crippen LogP contribution in [0.15, 0.2) is 91.0 Å². The van der Waals surface area contributed by atoms with Crippen molar-refractivity contribution < 1.29 is 18.3 Å². The number of carbonyl (C=O) groups excluding carboxylic acids is 1. The molecule has 4 aromatic rings. The zero-order valence-corrected chi connectivity index (χ0v) is 29.4. The zero-order valence-electron chi connectivity index (χ0n) is 28.4. The second-order valence-electron chi connectivity index (χ2n) is 13.1. The summed E-state index contributed by atoms with van der Waals surface area (Å²) in [7, 11) is -1.51. The quantitative estimate of drug-likeness (QED) is 0.0635. The van der Waals surface area contributed by atoms with Gasteiger partial charge in [0.1, 0.15) is 5.82 Å². The van der Waals surface area contributed by atoms with Crippen LogP contribution in [0.3, 0.4) is 0 Å². The molecule has 0 amide bonds. The lowest BCUT2D eigenvalue weighted by molar-refractivity contribution is -0.134. The average molecular weight is 638 g/mol. The first-order chi connectivity index (χ1) is 22.0. The van der Waals surface area contributed by atoms with Gasteiger partial charge in [0, 0.05) is 17.3 Å². The van der Waals surface area contributed by atoms with Gasteiger partial charge in [0.15, 0.2) is 0 Å². The van der Waals surface area contributed by atoms with Gasteiger partial charge in [-0.1, -0.05) is 127 Å². The van der Waals surface area contributed by atoms with Crippen LogP contribution in [-0.2, 0) is 27.0 Å². The molecule has 0 fully saturated rings. The summed E-state index contributed by atoms with van der Waals surface area (Å²) in [6.07, 6.45) is 7.05. The number of nitrogens with zero attached hydrogens (tertiary/aromatic N) is 1. The van der Waals surface area contributed by atoms with E-state index < -0.39 is 14.3 Å². The standard InChI is InChI=1S/C40H48FNO3Si/c1-8-9-12-21-34-36(26-27-37(43)44-7)42-39(29(2)3)35(38(34)30-22-24-31(41)25-23-30)28-45-46(40(4,5)6,32-17-13-10-14-18-32)33-19-15-11-16-20-33/h10-11,13-20,22-27,29H,8-9,12,21,28H2,1-7H3. The molecule has 0 aliphatic rings. The van der Waals surface area contributed by atoms with Crippen molar-refractivity contribution in [3.63, 3.8) is 0 Å². The lowest BCUT2D eigenvalue weighted by Crippen LogP contribution is -2.66. The zero-order chi connectivity index (χ0) is 33.3. The summed E-state index contributed by atoms with van der Waals surface area (Å²) in [5.41, 5.74) is 5.60. The smallest absolute Gasteiger partial charge is 0.330 e. The molecule has 6 heteroatoms. The molecule has 3 aromatic carbocycles. The summed E-state index contributed by atoms with van der Waals surface area (Å²) >= 11 is 0. The van der Waals surface area contributed by atoms with Gasteiger partial charge in [0.05, 0.1) is 19.4 Å². The molecular formula is C40H48FNO3Si. The van der Waals surface area contributed by atoms with Crippen molar-refractivity contribution in [2.75, 3.05) is 7.11 Å². The Morgan fingerprint density at radius 1 is 0.891 bits per heavy atom. The number of carbonyl (C=O) groups is 1. The first-order valence-electron chi connectivity index (χ1n) is 16.4. The number of hydrogen-bond donors (Lipinski definition) is 0. The van der Waals surface area contributed by atoms with Gasteiger partial charge >= 0.3 is 5.97 Å². The predicted octanol–water partition coefficient (Wildman–Crippen LogP) is 9.01. The molecule has 0 N–H and O–H groups in total. The van der Waals surface area contributed by atoms with Crippen molar-refractivity contribution in [2.45, 2.75) is 84.8 Å². The normalized spacial score (nSPS) is 12.2. The molecule has 0 spiro atoms. The number of benzene rings is 3. The number of esters is 1. The van der Waals surface area contributed by atoms with E-state index in [-0.39, 0.29) is 16.8 Å². The third-order valence-corrected chi connectivity index (χ3v) is 13.6. The molecule has 1 aromatic heterocycles. The Hall–Kier alpha value is -3.87. The molecular weight excluding hydrogens is 590 g/mol. The monoisotopic (exact) mass is 637 g/mol. The predicted molar refractivity (Wildman–Crippen MR) is 190 cm³/mol. The fourth-order valence-electron chi connectivity index (χ4n) is 6.39. The number of unbranched alkanes of at least 4 members (excludes halogenated alkanes) is 2. The molecule has 46 heavy (non-hydrogen) atoms. The maximum atomic E-state index is 14.3. The highest BCUT2D eigenvalue weighted by Crippen LogP contribution is 2.41. The number of halogens is 1. The maximum Gasteiger partial charge on any atom is 0.330 e. The Labute approximate surface area is 275 Å². The van der Waals surface area contributed by atoms with Crippen molar-refractivity contribution in [3.05, 3.63) is 119 Å². The minimum atomic E-state index is -2.88. The molecule has 0 atom stereocenters. The molecule has 0 saturated carbocycles. The van der Waals surface area contributed by atoms with E-state index in [1.54, 1.807) is 6.08 Å². The van der Waals surface area contributed by atoms with Crippen molar-refractivity contribution in [1.29, 1.82) is 0 Å². The van der Waals surface area contributed by atoms with Crippen LogP contribution in [0.4, 0.5) is 4.39 Å². The number of hydrogen-bond acceptors (Lipinski definition) is 4. The van der Waals surface area contributed by atoms with Crippen LogP contribution < -0.4 is 10.4 Å². The SMILES string of the molecule is CCCCCc1c(C=CC(=O)OC)nc(C(C)C)c(CO[Si](c2ccccc2)(c2ccccc2)C(C)(C)C)c1-c1ccc(F)cc1. The molecule has 0 aliphatic heterocycles. The summed E-state index contributed by atoms with van der Waals surface area (Å²) < 4.78 is 26.7. The van der Waals surface area contributed by atoms with Crippen molar-refractivity contribution in [3.8, 4) is 11.1 Å². The largest absolute Gasteiger partial charge is 0.466 e. The summed E-state index contributed by atoms with van der Waals surface area (Å²) in [5, 5.41) is 2.21. The number of rotatable bonds is 13. The molecule has 4 rings (SSSR count). The molecule has 0 aliphatic carbocycles. The van der Waals surface area contributed by atoms with Crippen LogP contribution in [0.2, 0.25) is 5.04 Å². The highest BCUT2D eigenvalue weighted by Gasteiger charge is 2.50. The van der Waals surface area contributed by atoms with Crippen LogP contribution in [0, 0.1) is 5.82 Å². The highest BCUT2D eigenvalue weighted by atomic mass is 28.4. The first-order valence-corrected chi connectivity index (χ1v) is 18.3. The Balaban J connectivity index is 2.03. The minimum absolute atomic E-state index is 0.0620. The van der Waals surface area contributed by atoms with Crippen LogP contribution in [-0.4, -0.2) is 26.4 Å². The Kier molecular flexibility index (Phi) is 11.9. The van der Waals surface area contributed by atoms with Gasteiger partial charge in [-0.25, -0.2) is 9.18 Å². The molecule has 242 valence electrons. The van der Waals surface area contributed by atoms with Crippen molar-refractivity contribution >= 4 is 30.7 Å². The Bertz CT molecular complexity index is 1570. The first kappa shape index (κ1) is 35.0. The summed E-state index contributed by atoms with van der Waals surface area (Å²) in [4.78, 5) is 17.5. The molecule has 0 saturated heterocycles. The average Bonchev–Trinajstić information content (AvgIpc) is 3.05. The van der Waals surface area contributed by atoms with Gasteiger partial charge in [-0.15, -0.1) is 0 Å². The summed E-state index contributed by atoms with van der Waals surface area (Å²) in [6, 6.07) is 28.0.